The van der Waals surface area contributed by atoms with E-state index in [2.05, 4.69) is 13.8 Å². The fraction of sp³-hybridized carbons (Fsp3) is 0.917. The van der Waals surface area contributed by atoms with Crippen LogP contribution in [-0.2, 0) is 9.53 Å². The highest BCUT2D eigenvalue weighted by atomic mass is 16.5. The van der Waals surface area contributed by atoms with Crippen LogP contribution in [0.1, 0.15) is 52.4 Å². The highest BCUT2D eigenvalue weighted by molar-refractivity contribution is 5.69. The van der Waals surface area contributed by atoms with Gasteiger partial charge in [0.2, 0.25) is 0 Å². The third kappa shape index (κ3) is 8.43. The average Bonchev–Trinajstić information content (AvgIpc) is 2.26. The summed E-state index contributed by atoms with van der Waals surface area (Å²) in [6.45, 7) is 5.47. The number of hydrogen-bond acceptors (Lipinski definition) is 3. The van der Waals surface area contributed by atoms with Gasteiger partial charge in [0, 0.05) is 6.42 Å². The van der Waals surface area contributed by atoms with Crippen LogP contribution < -0.4 is 5.73 Å². The summed E-state index contributed by atoms with van der Waals surface area (Å²) >= 11 is 0. The molecule has 0 heterocycles. The van der Waals surface area contributed by atoms with Gasteiger partial charge in [-0.3, -0.25) is 4.79 Å². The summed E-state index contributed by atoms with van der Waals surface area (Å²) in [5.41, 5.74) is 5.32. The van der Waals surface area contributed by atoms with Crippen molar-refractivity contribution in [2.75, 3.05) is 13.2 Å². The standard InChI is InChI=1S/C12H25NO2/c1-3-5-7-11(4-2)10-15-12(14)8-6-9-13/h11H,3-10,13H2,1-2H3. The largest absolute Gasteiger partial charge is 0.465 e. The molecule has 0 amide bonds. The van der Waals surface area contributed by atoms with Crippen molar-refractivity contribution in [3.05, 3.63) is 0 Å². The van der Waals surface area contributed by atoms with E-state index in [4.69, 9.17) is 10.5 Å². The molecule has 90 valence electrons. The SMILES string of the molecule is CCCCC(CC)COC(=O)CCCN. The molecule has 2 N–H and O–H groups in total. The highest BCUT2D eigenvalue weighted by Crippen LogP contribution is 2.13. The maximum Gasteiger partial charge on any atom is 0.305 e. The second kappa shape index (κ2) is 9.97. The van der Waals surface area contributed by atoms with Crippen LogP contribution in [-0.4, -0.2) is 19.1 Å². The normalized spacial score (nSPS) is 12.5. The lowest BCUT2D eigenvalue weighted by molar-refractivity contribution is -0.145. The molecule has 15 heavy (non-hydrogen) atoms. The third-order valence-corrected chi connectivity index (χ3v) is 2.61. The Morgan fingerprint density at radius 2 is 2.07 bits per heavy atom. The summed E-state index contributed by atoms with van der Waals surface area (Å²) in [7, 11) is 0. The average molecular weight is 215 g/mol. The fourth-order valence-electron chi connectivity index (χ4n) is 1.43. The van der Waals surface area contributed by atoms with Gasteiger partial charge in [0.25, 0.3) is 0 Å². The third-order valence-electron chi connectivity index (χ3n) is 2.61. The summed E-state index contributed by atoms with van der Waals surface area (Å²) in [6.07, 6.45) is 5.86. The molecule has 3 nitrogen and oxygen atoms in total. The lowest BCUT2D eigenvalue weighted by Crippen LogP contribution is -2.14. The predicted molar refractivity (Wildman–Crippen MR) is 62.6 cm³/mol. The quantitative estimate of drug-likeness (QED) is 0.601. The first-order valence-electron chi connectivity index (χ1n) is 6.10. The molecule has 0 aliphatic rings. The molecule has 0 aromatic rings. The molecule has 0 aliphatic carbocycles. The molecule has 3 heteroatoms. The number of unbranched alkanes of at least 4 members (excludes halogenated alkanes) is 1. The molecule has 0 radical (unpaired) electrons. The van der Waals surface area contributed by atoms with Crippen molar-refractivity contribution < 1.29 is 9.53 Å². The van der Waals surface area contributed by atoms with Gasteiger partial charge in [-0.1, -0.05) is 33.1 Å². The summed E-state index contributed by atoms with van der Waals surface area (Å²) in [5, 5.41) is 0. The van der Waals surface area contributed by atoms with Gasteiger partial charge in [-0.05, 0) is 25.3 Å². The van der Waals surface area contributed by atoms with Gasteiger partial charge in [-0.15, -0.1) is 0 Å². The smallest absolute Gasteiger partial charge is 0.305 e. The number of carbonyl (C=O) groups excluding carboxylic acids is 1. The molecule has 0 spiro atoms. The molecule has 0 aromatic carbocycles. The second-order valence-electron chi connectivity index (χ2n) is 3.99. The minimum Gasteiger partial charge on any atom is -0.465 e. The fourth-order valence-corrected chi connectivity index (χ4v) is 1.43. The minimum atomic E-state index is -0.101. The highest BCUT2D eigenvalue weighted by Gasteiger charge is 2.09. The number of hydrogen-bond donors (Lipinski definition) is 1. The molecular weight excluding hydrogens is 190 g/mol. The van der Waals surface area contributed by atoms with Gasteiger partial charge >= 0.3 is 5.97 Å². The Morgan fingerprint density at radius 1 is 1.33 bits per heavy atom. The zero-order chi connectivity index (χ0) is 11.5. The van der Waals surface area contributed by atoms with Crippen molar-refractivity contribution >= 4 is 5.97 Å². The Morgan fingerprint density at radius 3 is 2.60 bits per heavy atom. The van der Waals surface area contributed by atoms with Crippen LogP contribution in [0, 0.1) is 5.92 Å². The molecule has 1 atom stereocenters. The van der Waals surface area contributed by atoms with Crippen LogP contribution in [0.4, 0.5) is 0 Å². The number of ether oxygens (including phenoxy) is 1. The molecular formula is C12H25NO2. The number of carbonyl (C=O) groups is 1. The Hall–Kier alpha value is -0.570. The first-order valence-corrected chi connectivity index (χ1v) is 6.10. The predicted octanol–water partition coefficient (Wildman–Crippen LogP) is 2.48. The molecule has 0 bridgehead atoms. The first-order chi connectivity index (χ1) is 7.24. The van der Waals surface area contributed by atoms with Crippen LogP contribution in [0.25, 0.3) is 0 Å². The zero-order valence-corrected chi connectivity index (χ0v) is 10.1. The Kier molecular flexibility index (Phi) is 9.59. The lowest BCUT2D eigenvalue weighted by atomic mass is 10.0. The van der Waals surface area contributed by atoms with E-state index in [0.717, 1.165) is 19.3 Å². The van der Waals surface area contributed by atoms with E-state index in [1.807, 2.05) is 0 Å². The van der Waals surface area contributed by atoms with Crippen molar-refractivity contribution in [3.8, 4) is 0 Å². The maximum absolute atomic E-state index is 11.2. The summed E-state index contributed by atoms with van der Waals surface area (Å²) in [4.78, 5) is 11.2. The molecule has 0 rings (SSSR count). The van der Waals surface area contributed by atoms with E-state index in [9.17, 15) is 4.79 Å². The van der Waals surface area contributed by atoms with Crippen LogP contribution in [0.15, 0.2) is 0 Å². The first kappa shape index (κ1) is 14.4. The van der Waals surface area contributed by atoms with E-state index in [-0.39, 0.29) is 5.97 Å². The van der Waals surface area contributed by atoms with Crippen molar-refractivity contribution in [2.24, 2.45) is 11.7 Å². The van der Waals surface area contributed by atoms with E-state index < -0.39 is 0 Å². The van der Waals surface area contributed by atoms with Crippen molar-refractivity contribution in [1.82, 2.24) is 0 Å². The molecule has 0 aromatic heterocycles. The van der Waals surface area contributed by atoms with Crippen molar-refractivity contribution in [2.45, 2.75) is 52.4 Å². The van der Waals surface area contributed by atoms with E-state index in [0.29, 0.717) is 25.5 Å². The van der Waals surface area contributed by atoms with Gasteiger partial charge in [-0.25, -0.2) is 0 Å². The van der Waals surface area contributed by atoms with Crippen LogP contribution in [0.3, 0.4) is 0 Å². The summed E-state index contributed by atoms with van der Waals surface area (Å²) in [6, 6.07) is 0. The van der Waals surface area contributed by atoms with E-state index in [1.54, 1.807) is 0 Å². The van der Waals surface area contributed by atoms with Crippen LogP contribution >= 0.6 is 0 Å². The molecule has 0 saturated carbocycles. The van der Waals surface area contributed by atoms with E-state index in [1.165, 1.54) is 12.8 Å². The van der Waals surface area contributed by atoms with E-state index >= 15 is 0 Å². The monoisotopic (exact) mass is 215 g/mol. The number of nitrogens with two attached hydrogens (primary N) is 1. The Labute approximate surface area is 93.4 Å². The number of rotatable bonds is 9. The lowest BCUT2D eigenvalue weighted by Gasteiger charge is -2.14. The summed E-state index contributed by atoms with van der Waals surface area (Å²) in [5.74, 6) is 0.433. The topological polar surface area (TPSA) is 52.3 Å². The van der Waals surface area contributed by atoms with Gasteiger partial charge < -0.3 is 10.5 Å². The van der Waals surface area contributed by atoms with Gasteiger partial charge in [0.1, 0.15) is 0 Å². The van der Waals surface area contributed by atoms with Crippen molar-refractivity contribution in [1.29, 1.82) is 0 Å². The van der Waals surface area contributed by atoms with Crippen LogP contribution in [0.5, 0.6) is 0 Å². The Bertz CT molecular complexity index is 160. The summed E-state index contributed by atoms with van der Waals surface area (Å²) < 4.78 is 5.20. The van der Waals surface area contributed by atoms with Gasteiger partial charge in [-0.2, -0.15) is 0 Å². The minimum absolute atomic E-state index is 0.101. The Balaban J connectivity index is 3.55. The zero-order valence-electron chi connectivity index (χ0n) is 10.1. The molecule has 1 unspecified atom stereocenters. The van der Waals surface area contributed by atoms with Gasteiger partial charge in [0.05, 0.1) is 6.61 Å². The van der Waals surface area contributed by atoms with Crippen molar-refractivity contribution in [3.63, 3.8) is 0 Å². The van der Waals surface area contributed by atoms with Crippen LogP contribution in [0.2, 0.25) is 0 Å². The van der Waals surface area contributed by atoms with Gasteiger partial charge in [0.15, 0.2) is 0 Å². The molecule has 0 saturated heterocycles. The molecule has 0 fully saturated rings. The number of esters is 1. The second-order valence-corrected chi connectivity index (χ2v) is 3.99. The maximum atomic E-state index is 11.2. The molecule has 0 aliphatic heterocycles.